The number of nitrogens with one attached hydrogen (secondary N) is 1. The summed E-state index contributed by atoms with van der Waals surface area (Å²) in [5.41, 5.74) is 1.30. The Morgan fingerprint density at radius 3 is 2.22 bits per heavy atom. The molecule has 140 valence electrons. The molecule has 0 unspecified atom stereocenters. The minimum Gasteiger partial charge on any atom is -0.329 e. The molecule has 0 radical (unpaired) electrons. The van der Waals surface area contributed by atoms with Gasteiger partial charge in [0.1, 0.15) is 5.56 Å². The molecule has 2 aromatic carbocycles. The highest BCUT2D eigenvalue weighted by Crippen LogP contribution is 2.37. The van der Waals surface area contributed by atoms with Gasteiger partial charge in [-0.3, -0.25) is 0 Å². The van der Waals surface area contributed by atoms with E-state index in [0.717, 1.165) is 11.8 Å². The van der Waals surface area contributed by atoms with Crippen LogP contribution in [-0.4, -0.2) is 17.0 Å². The molecule has 4 nitrogen and oxygen atoms in total. The molecule has 0 bridgehead atoms. The number of benzene rings is 2. The van der Waals surface area contributed by atoms with Crippen molar-refractivity contribution in [3.8, 4) is 0 Å². The zero-order valence-electron chi connectivity index (χ0n) is 14.5. The predicted molar refractivity (Wildman–Crippen MR) is 101 cm³/mol. The van der Waals surface area contributed by atoms with Gasteiger partial charge >= 0.3 is 6.18 Å². The van der Waals surface area contributed by atoms with Gasteiger partial charge in [0.25, 0.3) is 0 Å². The van der Waals surface area contributed by atoms with Crippen molar-refractivity contribution in [1.82, 2.24) is 9.97 Å². The first-order chi connectivity index (χ1) is 12.7. The number of anilines is 4. The molecule has 0 amide bonds. The summed E-state index contributed by atoms with van der Waals surface area (Å²) in [6, 6.07) is 13.8. The second kappa shape index (κ2) is 7.44. The molecular weight excluding hydrogens is 377 g/mol. The van der Waals surface area contributed by atoms with E-state index >= 15 is 0 Å². The zero-order valence-corrected chi connectivity index (χ0v) is 15.3. The lowest BCUT2D eigenvalue weighted by Crippen LogP contribution is -2.19. The van der Waals surface area contributed by atoms with Crippen molar-refractivity contribution < 1.29 is 13.2 Å². The lowest BCUT2D eigenvalue weighted by Gasteiger charge is -2.23. The molecule has 0 saturated heterocycles. The first-order valence-electron chi connectivity index (χ1n) is 8.01. The molecule has 0 saturated carbocycles. The van der Waals surface area contributed by atoms with Gasteiger partial charge in [-0.25, -0.2) is 4.98 Å². The van der Waals surface area contributed by atoms with E-state index in [2.05, 4.69) is 15.3 Å². The number of nitrogens with zero attached hydrogens (tertiary/aromatic N) is 3. The Kier molecular flexibility index (Phi) is 5.23. The lowest BCUT2D eigenvalue weighted by atomic mass is 10.2. The second-order valence-electron chi connectivity index (χ2n) is 5.96. The van der Waals surface area contributed by atoms with Crippen molar-refractivity contribution in [2.75, 3.05) is 17.3 Å². The van der Waals surface area contributed by atoms with E-state index in [4.69, 9.17) is 11.6 Å². The summed E-state index contributed by atoms with van der Waals surface area (Å²) in [5, 5.41) is 3.44. The Morgan fingerprint density at radius 2 is 1.63 bits per heavy atom. The molecule has 8 heteroatoms. The number of hydrogen-bond acceptors (Lipinski definition) is 4. The van der Waals surface area contributed by atoms with Gasteiger partial charge in [0.05, 0.1) is 0 Å². The second-order valence-corrected chi connectivity index (χ2v) is 6.39. The molecule has 0 atom stereocenters. The minimum atomic E-state index is -4.58. The van der Waals surface area contributed by atoms with E-state index in [-0.39, 0.29) is 11.8 Å². The predicted octanol–water partition coefficient (Wildman–Crippen LogP) is 5.97. The van der Waals surface area contributed by atoms with Crippen LogP contribution in [0.25, 0.3) is 0 Å². The molecule has 3 rings (SSSR count). The quantitative estimate of drug-likeness (QED) is 0.594. The van der Waals surface area contributed by atoms with Crippen molar-refractivity contribution in [2.45, 2.75) is 13.1 Å². The molecule has 27 heavy (non-hydrogen) atoms. The smallest absolute Gasteiger partial charge is 0.329 e. The van der Waals surface area contributed by atoms with Crippen molar-refractivity contribution in [2.24, 2.45) is 0 Å². The molecule has 0 aliphatic heterocycles. The molecule has 0 fully saturated rings. The molecule has 1 aromatic heterocycles. The third kappa shape index (κ3) is 4.49. The Balaban J connectivity index is 2.00. The summed E-state index contributed by atoms with van der Waals surface area (Å²) in [5.74, 6) is -0.183. The topological polar surface area (TPSA) is 41.1 Å². The maximum atomic E-state index is 13.4. The van der Waals surface area contributed by atoms with Gasteiger partial charge in [0, 0.05) is 29.6 Å². The van der Waals surface area contributed by atoms with E-state index in [1.54, 1.807) is 36.4 Å². The Labute approximate surface area is 159 Å². The molecule has 0 spiro atoms. The van der Waals surface area contributed by atoms with Gasteiger partial charge in [-0.15, -0.1) is 0 Å². The first-order valence-corrected chi connectivity index (χ1v) is 8.39. The number of alkyl halides is 3. The summed E-state index contributed by atoms with van der Waals surface area (Å²) < 4.78 is 40.3. The van der Waals surface area contributed by atoms with Gasteiger partial charge in [-0.05, 0) is 43.3 Å². The zero-order chi connectivity index (χ0) is 19.6. The van der Waals surface area contributed by atoms with Crippen LogP contribution >= 0.6 is 11.6 Å². The van der Waals surface area contributed by atoms with Gasteiger partial charge in [-0.1, -0.05) is 29.3 Å². The average molecular weight is 393 g/mol. The molecule has 0 aliphatic carbocycles. The van der Waals surface area contributed by atoms with Crippen molar-refractivity contribution in [3.05, 3.63) is 70.9 Å². The first kappa shape index (κ1) is 19.0. The summed E-state index contributed by atoms with van der Waals surface area (Å²) in [7, 11) is 1.54. The fraction of sp³-hybridized carbons (Fsp3) is 0.158. The molecule has 3 aromatic rings. The number of hydrogen-bond donors (Lipinski definition) is 1. The van der Waals surface area contributed by atoms with Crippen LogP contribution in [0.1, 0.15) is 11.1 Å². The summed E-state index contributed by atoms with van der Waals surface area (Å²) in [6.45, 7) is 1.91. The van der Waals surface area contributed by atoms with Crippen LogP contribution in [0.4, 0.5) is 36.3 Å². The summed E-state index contributed by atoms with van der Waals surface area (Å²) in [6.07, 6.45) is -3.79. The maximum absolute atomic E-state index is 13.4. The van der Waals surface area contributed by atoms with E-state index in [1.807, 2.05) is 19.1 Å². The third-order valence-corrected chi connectivity index (χ3v) is 4.17. The number of aromatic nitrogens is 2. The monoisotopic (exact) mass is 392 g/mol. The highest BCUT2D eigenvalue weighted by molar-refractivity contribution is 6.30. The summed E-state index contributed by atoms with van der Waals surface area (Å²) >= 11 is 5.84. The van der Waals surface area contributed by atoms with Gasteiger partial charge in [-0.2, -0.15) is 18.2 Å². The van der Waals surface area contributed by atoms with E-state index in [0.29, 0.717) is 16.4 Å². The van der Waals surface area contributed by atoms with Crippen molar-refractivity contribution >= 4 is 34.7 Å². The molecule has 1 heterocycles. The lowest BCUT2D eigenvalue weighted by molar-refractivity contribution is -0.137. The van der Waals surface area contributed by atoms with E-state index in [1.165, 1.54) is 11.9 Å². The van der Waals surface area contributed by atoms with Crippen LogP contribution in [0.15, 0.2) is 54.7 Å². The van der Waals surface area contributed by atoms with Crippen LogP contribution < -0.4 is 10.2 Å². The van der Waals surface area contributed by atoms with Crippen LogP contribution in [0.3, 0.4) is 0 Å². The molecule has 0 aliphatic rings. The van der Waals surface area contributed by atoms with Crippen LogP contribution in [-0.2, 0) is 6.18 Å². The Hall–Kier alpha value is -2.80. The summed E-state index contributed by atoms with van der Waals surface area (Å²) in [4.78, 5) is 9.30. The van der Waals surface area contributed by atoms with Crippen LogP contribution in [0.5, 0.6) is 0 Å². The number of halogens is 4. The van der Waals surface area contributed by atoms with Crippen molar-refractivity contribution in [3.63, 3.8) is 0 Å². The van der Waals surface area contributed by atoms with Gasteiger partial charge < -0.3 is 10.2 Å². The van der Waals surface area contributed by atoms with Gasteiger partial charge in [0.15, 0.2) is 5.82 Å². The number of aryl methyl sites for hydroxylation is 1. The highest BCUT2D eigenvalue weighted by Gasteiger charge is 2.36. The standard InChI is InChI=1S/C19H16ClF3N4/c1-12-3-9-15(10-4-12)27(2)17-16(19(21,22)23)11-24-18(26-17)25-14-7-5-13(20)6-8-14/h3-11H,1-2H3,(H,24,25,26). The SMILES string of the molecule is Cc1ccc(N(C)c2nc(Nc3ccc(Cl)cc3)ncc2C(F)(F)F)cc1. The van der Waals surface area contributed by atoms with E-state index < -0.39 is 11.7 Å². The number of rotatable bonds is 4. The van der Waals surface area contributed by atoms with Crippen molar-refractivity contribution in [1.29, 1.82) is 0 Å². The fourth-order valence-corrected chi connectivity index (χ4v) is 2.57. The Bertz CT molecular complexity index is 925. The third-order valence-electron chi connectivity index (χ3n) is 3.91. The van der Waals surface area contributed by atoms with E-state index in [9.17, 15) is 13.2 Å². The van der Waals surface area contributed by atoms with Gasteiger partial charge in [0.2, 0.25) is 5.95 Å². The fourth-order valence-electron chi connectivity index (χ4n) is 2.44. The molecule has 1 N–H and O–H groups in total. The minimum absolute atomic E-state index is 0.0549. The normalized spacial score (nSPS) is 11.3. The Morgan fingerprint density at radius 1 is 1.00 bits per heavy atom. The van der Waals surface area contributed by atoms with Crippen LogP contribution in [0, 0.1) is 6.92 Å². The largest absolute Gasteiger partial charge is 0.421 e. The average Bonchev–Trinajstić information content (AvgIpc) is 2.63. The molecular formula is C19H16ClF3N4. The highest BCUT2D eigenvalue weighted by atomic mass is 35.5. The maximum Gasteiger partial charge on any atom is 0.421 e. The van der Waals surface area contributed by atoms with Crippen LogP contribution in [0.2, 0.25) is 5.02 Å².